The molecule has 2 aromatic carbocycles. The molecule has 5 nitrogen and oxygen atoms in total. The first kappa shape index (κ1) is 16.7. The lowest BCUT2D eigenvalue weighted by Crippen LogP contribution is -2.14. The van der Waals surface area contributed by atoms with Crippen molar-refractivity contribution < 1.29 is 14.3 Å². The molecule has 0 bridgehead atoms. The molecular formula is C18H20N2O3. The van der Waals surface area contributed by atoms with Gasteiger partial charge in [0, 0.05) is 18.7 Å². The van der Waals surface area contributed by atoms with Crippen LogP contribution in [-0.2, 0) is 27.5 Å². The highest BCUT2D eigenvalue weighted by atomic mass is 16.5. The Hall–Kier alpha value is -2.66. The topological polar surface area (TPSA) is 81.4 Å². The Labute approximate surface area is 135 Å². The highest BCUT2D eigenvalue weighted by Crippen LogP contribution is 2.10. The quantitative estimate of drug-likeness (QED) is 0.770. The van der Waals surface area contributed by atoms with E-state index < -0.39 is 0 Å². The van der Waals surface area contributed by atoms with Gasteiger partial charge < -0.3 is 15.8 Å². The predicted molar refractivity (Wildman–Crippen MR) is 88.4 cm³/mol. The molecule has 0 fully saturated rings. The van der Waals surface area contributed by atoms with E-state index in [9.17, 15) is 9.59 Å². The maximum Gasteiger partial charge on any atom is 0.306 e. The standard InChI is InChI=1S/C18H20N2O3/c19-12-14-6-8-16(9-7-14)20-17(21)10-11-18(22)23-13-15-4-2-1-3-5-15/h1-9H,10-13,19H2,(H,20,21). The molecule has 0 saturated carbocycles. The van der Waals surface area contributed by atoms with Gasteiger partial charge in [-0.3, -0.25) is 9.59 Å². The first-order valence-corrected chi connectivity index (χ1v) is 7.46. The van der Waals surface area contributed by atoms with Gasteiger partial charge in [0.1, 0.15) is 6.61 Å². The number of carbonyl (C=O) groups is 2. The molecule has 0 spiro atoms. The molecule has 0 aliphatic heterocycles. The number of esters is 1. The molecule has 0 unspecified atom stereocenters. The van der Waals surface area contributed by atoms with E-state index in [1.54, 1.807) is 12.1 Å². The second-order valence-corrected chi connectivity index (χ2v) is 5.10. The number of rotatable bonds is 7. The van der Waals surface area contributed by atoms with Gasteiger partial charge in [-0.2, -0.15) is 0 Å². The van der Waals surface area contributed by atoms with Crippen LogP contribution in [-0.4, -0.2) is 11.9 Å². The SMILES string of the molecule is NCc1ccc(NC(=O)CCC(=O)OCc2ccccc2)cc1. The second kappa shape index (κ2) is 8.70. The molecule has 1 amide bonds. The summed E-state index contributed by atoms with van der Waals surface area (Å²) < 4.78 is 5.13. The van der Waals surface area contributed by atoms with E-state index in [1.165, 1.54) is 0 Å². The van der Waals surface area contributed by atoms with E-state index in [0.717, 1.165) is 11.1 Å². The van der Waals surface area contributed by atoms with E-state index >= 15 is 0 Å². The fourth-order valence-electron chi connectivity index (χ4n) is 1.97. The number of hydrogen-bond donors (Lipinski definition) is 2. The van der Waals surface area contributed by atoms with Gasteiger partial charge in [-0.25, -0.2) is 0 Å². The fraction of sp³-hybridized carbons (Fsp3) is 0.222. The van der Waals surface area contributed by atoms with E-state index in [0.29, 0.717) is 12.2 Å². The van der Waals surface area contributed by atoms with Crippen LogP contribution >= 0.6 is 0 Å². The van der Waals surface area contributed by atoms with Gasteiger partial charge in [0.05, 0.1) is 6.42 Å². The maximum atomic E-state index is 11.8. The Bertz CT molecular complexity index is 639. The Morgan fingerprint density at radius 3 is 2.26 bits per heavy atom. The molecule has 2 aromatic rings. The lowest BCUT2D eigenvalue weighted by Gasteiger charge is -2.07. The lowest BCUT2D eigenvalue weighted by atomic mass is 10.2. The highest BCUT2D eigenvalue weighted by molar-refractivity contribution is 5.92. The first-order valence-electron chi connectivity index (χ1n) is 7.46. The molecular weight excluding hydrogens is 292 g/mol. The Balaban J connectivity index is 1.69. The maximum absolute atomic E-state index is 11.8. The predicted octanol–water partition coefficient (Wildman–Crippen LogP) is 2.61. The smallest absolute Gasteiger partial charge is 0.306 e. The summed E-state index contributed by atoms with van der Waals surface area (Å²) in [6.45, 7) is 0.684. The third-order valence-corrected chi connectivity index (χ3v) is 3.27. The van der Waals surface area contributed by atoms with E-state index in [2.05, 4.69) is 5.32 Å². The minimum absolute atomic E-state index is 0.0551. The van der Waals surface area contributed by atoms with Crippen molar-refractivity contribution in [3.63, 3.8) is 0 Å². The van der Waals surface area contributed by atoms with Gasteiger partial charge >= 0.3 is 5.97 Å². The summed E-state index contributed by atoms with van der Waals surface area (Å²) in [5.74, 6) is -0.607. The third kappa shape index (κ3) is 5.92. The van der Waals surface area contributed by atoms with Gasteiger partial charge in [-0.1, -0.05) is 42.5 Å². The zero-order valence-electron chi connectivity index (χ0n) is 12.8. The number of ether oxygens (including phenoxy) is 1. The lowest BCUT2D eigenvalue weighted by molar-refractivity contribution is -0.145. The van der Waals surface area contributed by atoms with Gasteiger partial charge in [0.2, 0.25) is 5.91 Å². The number of benzene rings is 2. The Kier molecular flexibility index (Phi) is 6.32. The highest BCUT2D eigenvalue weighted by Gasteiger charge is 2.08. The van der Waals surface area contributed by atoms with Crippen molar-refractivity contribution in [3.8, 4) is 0 Å². The summed E-state index contributed by atoms with van der Waals surface area (Å²) in [7, 11) is 0. The molecule has 0 aliphatic carbocycles. The summed E-state index contributed by atoms with van der Waals surface area (Å²) in [5, 5.41) is 2.73. The van der Waals surface area contributed by atoms with Crippen LogP contribution in [0.5, 0.6) is 0 Å². The molecule has 2 rings (SSSR count). The third-order valence-electron chi connectivity index (χ3n) is 3.27. The van der Waals surface area contributed by atoms with Gasteiger partial charge in [0.15, 0.2) is 0 Å². The molecule has 120 valence electrons. The van der Waals surface area contributed by atoms with Crippen molar-refractivity contribution in [1.82, 2.24) is 0 Å². The Morgan fingerprint density at radius 2 is 1.61 bits per heavy atom. The minimum atomic E-state index is -0.387. The Morgan fingerprint density at radius 1 is 0.913 bits per heavy atom. The molecule has 0 aliphatic rings. The molecule has 0 saturated heterocycles. The van der Waals surface area contributed by atoms with Crippen molar-refractivity contribution in [2.45, 2.75) is 26.0 Å². The number of anilines is 1. The number of amides is 1. The normalized spacial score (nSPS) is 10.1. The second-order valence-electron chi connectivity index (χ2n) is 5.10. The fourth-order valence-corrected chi connectivity index (χ4v) is 1.97. The van der Waals surface area contributed by atoms with Gasteiger partial charge in [-0.15, -0.1) is 0 Å². The molecule has 23 heavy (non-hydrogen) atoms. The largest absolute Gasteiger partial charge is 0.461 e. The van der Waals surface area contributed by atoms with Crippen LogP contribution in [0.2, 0.25) is 0 Å². The molecule has 0 heterocycles. The number of carbonyl (C=O) groups excluding carboxylic acids is 2. The van der Waals surface area contributed by atoms with Gasteiger partial charge in [-0.05, 0) is 23.3 Å². The molecule has 5 heteroatoms. The summed E-state index contributed by atoms with van der Waals surface area (Å²) in [4.78, 5) is 23.4. The first-order chi connectivity index (χ1) is 11.2. The van der Waals surface area contributed by atoms with Gasteiger partial charge in [0.25, 0.3) is 0 Å². The van der Waals surface area contributed by atoms with Crippen molar-refractivity contribution in [2.75, 3.05) is 5.32 Å². The van der Waals surface area contributed by atoms with Crippen molar-refractivity contribution >= 4 is 17.6 Å². The minimum Gasteiger partial charge on any atom is -0.461 e. The van der Waals surface area contributed by atoms with Crippen molar-refractivity contribution in [1.29, 1.82) is 0 Å². The molecule has 3 N–H and O–H groups in total. The van der Waals surface area contributed by atoms with Crippen LogP contribution < -0.4 is 11.1 Å². The van der Waals surface area contributed by atoms with Crippen LogP contribution in [0.25, 0.3) is 0 Å². The monoisotopic (exact) mass is 312 g/mol. The van der Waals surface area contributed by atoms with Crippen LogP contribution in [0, 0.1) is 0 Å². The van der Waals surface area contributed by atoms with E-state index in [-0.39, 0.29) is 31.3 Å². The van der Waals surface area contributed by atoms with Crippen molar-refractivity contribution in [2.24, 2.45) is 5.73 Å². The zero-order valence-corrected chi connectivity index (χ0v) is 12.8. The molecule has 0 radical (unpaired) electrons. The van der Waals surface area contributed by atoms with Crippen molar-refractivity contribution in [3.05, 3.63) is 65.7 Å². The van der Waals surface area contributed by atoms with Crippen LogP contribution in [0.4, 0.5) is 5.69 Å². The van der Waals surface area contributed by atoms with Crippen LogP contribution in [0.3, 0.4) is 0 Å². The summed E-state index contributed by atoms with van der Waals surface area (Å²) >= 11 is 0. The van der Waals surface area contributed by atoms with Crippen LogP contribution in [0.1, 0.15) is 24.0 Å². The summed E-state index contributed by atoms with van der Waals surface area (Å²) in [5.41, 5.74) is 8.11. The van der Waals surface area contributed by atoms with Crippen LogP contribution in [0.15, 0.2) is 54.6 Å². The summed E-state index contributed by atoms with van der Waals surface area (Å²) in [6, 6.07) is 16.7. The summed E-state index contributed by atoms with van der Waals surface area (Å²) in [6.07, 6.45) is 0.145. The zero-order chi connectivity index (χ0) is 16.5. The molecule has 0 aromatic heterocycles. The van der Waals surface area contributed by atoms with E-state index in [4.69, 9.17) is 10.5 Å². The average Bonchev–Trinajstić information content (AvgIpc) is 2.60. The average molecular weight is 312 g/mol. The number of nitrogens with two attached hydrogens (primary N) is 1. The number of hydrogen-bond acceptors (Lipinski definition) is 4. The molecule has 0 atom stereocenters. The number of nitrogens with one attached hydrogen (secondary N) is 1. The van der Waals surface area contributed by atoms with E-state index in [1.807, 2.05) is 42.5 Å².